The molecule has 0 N–H and O–H groups in total. The third kappa shape index (κ3) is 6.08. The molecular weight excluding hydrogens is 360 g/mol. The van der Waals surface area contributed by atoms with Gasteiger partial charge in [-0.25, -0.2) is 0 Å². The molecule has 0 saturated heterocycles. The van der Waals surface area contributed by atoms with Gasteiger partial charge in [0.25, 0.3) is 0 Å². The average Bonchev–Trinajstić information content (AvgIpc) is 1.98. The zero-order valence-electron chi connectivity index (χ0n) is 6.43. The molecule has 0 saturated carbocycles. The molecule has 0 fully saturated rings. The summed E-state index contributed by atoms with van der Waals surface area (Å²) in [4.78, 5) is 2.06. The van der Waals surface area contributed by atoms with Crippen molar-refractivity contribution in [2.45, 2.75) is 13.8 Å². The van der Waals surface area contributed by atoms with Crippen molar-refractivity contribution in [3.8, 4) is 0 Å². The summed E-state index contributed by atoms with van der Waals surface area (Å²) in [6.07, 6.45) is 0. The van der Waals surface area contributed by atoms with E-state index in [9.17, 15) is 0 Å². The molecular formula is C5H13I2NO2-2. The average molecular weight is 373 g/mol. The van der Waals surface area contributed by atoms with Gasteiger partial charge in [-0.1, -0.05) is 0 Å². The van der Waals surface area contributed by atoms with Gasteiger partial charge in [-0.15, -0.1) is 0 Å². The Bertz CT molecular complexity index is 74.7. The first-order valence-electron chi connectivity index (χ1n) is 3.05. The first-order valence-corrected chi connectivity index (χ1v) is 8.49. The summed E-state index contributed by atoms with van der Waals surface area (Å²) >= 11 is -0.251. The number of hydrogen-bond donors (Lipinski definition) is 0. The van der Waals surface area contributed by atoms with E-state index >= 15 is 0 Å². The van der Waals surface area contributed by atoms with Crippen LogP contribution < -0.4 is 43.2 Å². The van der Waals surface area contributed by atoms with Gasteiger partial charge in [0.2, 0.25) is 0 Å². The number of hydrogen-bond acceptors (Lipinski definition) is 3. The maximum atomic E-state index is 5.33. The van der Waals surface area contributed by atoms with Crippen molar-refractivity contribution in [3.63, 3.8) is 0 Å². The Morgan fingerprint density at radius 3 is 2.40 bits per heavy atom. The second-order valence-corrected chi connectivity index (χ2v) is 5.13. The van der Waals surface area contributed by atoms with Gasteiger partial charge in [0.15, 0.2) is 0 Å². The van der Waals surface area contributed by atoms with Gasteiger partial charge in [0.1, 0.15) is 0 Å². The van der Waals surface area contributed by atoms with Gasteiger partial charge in [-0.2, -0.15) is 0 Å². The Balaban J connectivity index is 3.21. The van der Waals surface area contributed by atoms with E-state index in [1.807, 2.05) is 6.92 Å². The molecule has 0 rings (SSSR count). The fourth-order valence-electron chi connectivity index (χ4n) is 0.288. The van der Waals surface area contributed by atoms with Crippen molar-refractivity contribution in [2.75, 3.05) is 15.9 Å². The summed E-state index contributed by atoms with van der Waals surface area (Å²) in [5, 5.41) is 1.62. The van der Waals surface area contributed by atoms with Crippen LogP contribution in [-0.4, -0.2) is 21.1 Å². The van der Waals surface area contributed by atoms with Crippen LogP contribution in [0.3, 0.4) is 0 Å². The molecule has 0 amide bonds. The molecule has 0 heterocycles. The van der Waals surface area contributed by atoms with E-state index in [1.54, 1.807) is 5.23 Å². The van der Waals surface area contributed by atoms with Crippen LogP contribution in [0, 0.1) is 0 Å². The molecule has 0 aromatic rings. The van der Waals surface area contributed by atoms with Gasteiger partial charge in [0.05, 0.1) is 0 Å². The number of alkyl halides is 2. The Labute approximate surface area is 84.0 Å². The molecule has 0 aromatic heterocycles. The Morgan fingerprint density at radius 2 is 2.00 bits per heavy atom. The molecule has 0 bridgehead atoms. The normalized spacial score (nSPS) is 11.6. The summed E-state index contributed by atoms with van der Waals surface area (Å²) < 4.78 is 11.7. The number of rotatable bonds is 6. The third-order valence-corrected chi connectivity index (χ3v) is 2.81. The standard InChI is InChI=1S/C5H13I2NO2/c1-4-7-10-8(5-2)9-6-3/h4-5H2,1-3H3/q-2. The monoisotopic (exact) mass is 373 g/mol. The molecule has 0 aliphatic heterocycles. The first-order chi connectivity index (χ1) is 4.85. The second-order valence-electron chi connectivity index (χ2n) is 1.32. The van der Waals surface area contributed by atoms with Crippen molar-refractivity contribution in [3.05, 3.63) is 0 Å². The molecule has 0 radical (unpaired) electrons. The van der Waals surface area contributed by atoms with Crippen LogP contribution in [0.25, 0.3) is 0 Å². The zero-order chi connectivity index (χ0) is 7.82. The molecule has 66 valence electrons. The first kappa shape index (κ1) is 11.3. The van der Waals surface area contributed by atoms with Gasteiger partial charge < -0.3 is 0 Å². The molecule has 5 heteroatoms. The van der Waals surface area contributed by atoms with E-state index in [-0.39, 0.29) is 43.2 Å². The number of hydroxylamine groups is 2. The van der Waals surface area contributed by atoms with Crippen molar-refractivity contribution < 1.29 is 49.6 Å². The van der Waals surface area contributed by atoms with E-state index in [1.165, 1.54) is 0 Å². The van der Waals surface area contributed by atoms with Crippen LogP contribution >= 0.6 is 0 Å². The summed E-state index contributed by atoms with van der Waals surface area (Å²) in [6, 6.07) is 0. The molecule has 0 unspecified atom stereocenters. The fraction of sp³-hybridized carbons (Fsp3) is 1.00. The van der Waals surface area contributed by atoms with Crippen LogP contribution in [0.15, 0.2) is 0 Å². The van der Waals surface area contributed by atoms with E-state index in [4.69, 9.17) is 6.33 Å². The zero-order valence-corrected chi connectivity index (χ0v) is 10.7. The van der Waals surface area contributed by atoms with Gasteiger partial charge in [0, 0.05) is 0 Å². The summed E-state index contributed by atoms with van der Waals surface area (Å²) in [6.45, 7) is 4.98. The van der Waals surface area contributed by atoms with E-state index < -0.39 is 0 Å². The number of halogens is 2. The SMILES string of the molecule is CC[I-]ON(CC)O[I-]C. The van der Waals surface area contributed by atoms with Gasteiger partial charge in [-0.05, 0) is 0 Å². The molecule has 3 nitrogen and oxygen atoms in total. The molecule has 0 aliphatic rings. The predicted octanol–water partition coefficient (Wildman–Crippen LogP) is -5.17. The van der Waals surface area contributed by atoms with Crippen LogP contribution in [0.1, 0.15) is 13.8 Å². The van der Waals surface area contributed by atoms with Crippen LogP contribution in [0.5, 0.6) is 0 Å². The fourth-order valence-corrected chi connectivity index (χ4v) is 2.34. The Morgan fingerprint density at radius 1 is 1.30 bits per heavy atom. The summed E-state index contributed by atoms with van der Waals surface area (Å²) in [5.41, 5.74) is 0. The van der Waals surface area contributed by atoms with Crippen LogP contribution in [0.2, 0.25) is 0 Å². The van der Waals surface area contributed by atoms with E-state index in [2.05, 4.69) is 11.9 Å². The quantitative estimate of drug-likeness (QED) is 0.264. The van der Waals surface area contributed by atoms with Gasteiger partial charge >= 0.3 is 84.6 Å². The van der Waals surface area contributed by atoms with Crippen LogP contribution in [-0.2, 0) is 6.33 Å². The molecule has 0 spiro atoms. The molecule has 10 heavy (non-hydrogen) atoms. The molecule has 0 atom stereocenters. The second kappa shape index (κ2) is 8.44. The minimum atomic E-state index is -0.138. The van der Waals surface area contributed by atoms with Crippen molar-refractivity contribution in [2.24, 2.45) is 0 Å². The van der Waals surface area contributed by atoms with Crippen molar-refractivity contribution in [1.29, 1.82) is 0 Å². The van der Waals surface area contributed by atoms with E-state index in [0.717, 1.165) is 11.0 Å². The number of nitrogens with zero attached hydrogens (tertiary/aromatic N) is 1. The summed E-state index contributed by atoms with van der Waals surface area (Å²) in [5.74, 6) is 0. The maximum absolute atomic E-state index is 5.33. The van der Waals surface area contributed by atoms with E-state index in [0.29, 0.717) is 0 Å². The Kier molecular flexibility index (Phi) is 9.57. The van der Waals surface area contributed by atoms with Crippen LogP contribution in [0.4, 0.5) is 0 Å². The predicted molar refractivity (Wildman–Crippen MR) is 31.0 cm³/mol. The molecule has 0 aliphatic carbocycles. The Hall–Kier alpha value is 1.34. The summed E-state index contributed by atoms with van der Waals surface area (Å²) in [7, 11) is 0. The topological polar surface area (TPSA) is 21.7 Å². The third-order valence-electron chi connectivity index (χ3n) is 0.639. The van der Waals surface area contributed by atoms with Crippen molar-refractivity contribution in [1.82, 2.24) is 5.23 Å². The molecule has 0 aromatic carbocycles. The van der Waals surface area contributed by atoms with Crippen molar-refractivity contribution >= 4 is 0 Å². The van der Waals surface area contributed by atoms with Gasteiger partial charge in [-0.3, -0.25) is 0 Å². The minimum absolute atomic E-state index is 0.113.